The van der Waals surface area contributed by atoms with Gasteiger partial charge in [0.15, 0.2) is 11.6 Å². The van der Waals surface area contributed by atoms with E-state index in [1.807, 2.05) is 19.1 Å². The molecule has 1 N–H and O–H groups in total. The van der Waals surface area contributed by atoms with E-state index in [2.05, 4.69) is 10.3 Å². The summed E-state index contributed by atoms with van der Waals surface area (Å²) in [7, 11) is 1.67. The van der Waals surface area contributed by atoms with E-state index < -0.39 is 0 Å². The predicted molar refractivity (Wildman–Crippen MR) is 55.8 cm³/mol. The molecule has 0 saturated carbocycles. The van der Waals surface area contributed by atoms with Gasteiger partial charge in [0, 0.05) is 19.9 Å². The second-order valence-electron chi connectivity index (χ2n) is 2.70. The first kappa shape index (κ1) is 10.8. The van der Waals surface area contributed by atoms with Crippen LogP contribution in [0.3, 0.4) is 0 Å². The highest BCUT2D eigenvalue weighted by molar-refractivity contribution is 5.49. The van der Waals surface area contributed by atoms with Crippen molar-refractivity contribution in [2.75, 3.05) is 32.2 Å². The number of anilines is 1. The molecule has 0 aromatic carbocycles. The van der Waals surface area contributed by atoms with Gasteiger partial charge in [-0.15, -0.1) is 0 Å². The van der Waals surface area contributed by atoms with Crippen LogP contribution >= 0.6 is 0 Å². The van der Waals surface area contributed by atoms with Gasteiger partial charge >= 0.3 is 0 Å². The van der Waals surface area contributed by atoms with Crippen LogP contribution in [-0.4, -0.2) is 31.9 Å². The van der Waals surface area contributed by atoms with Crippen LogP contribution in [0.1, 0.15) is 6.92 Å². The molecule has 4 heteroatoms. The van der Waals surface area contributed by atoms with Crippen molar-refractivity contribution in [1.82, 2.24) is 4.98 Å². The largest absolute Gasteiger partial charge is 0.490 e. The minimum atomic E-state index is 0.644. The summed E-state index contributed by atoms with van der Waals surface area (Å²) in [5.74, 6) is 1.55. The van der Waals surface area contributed by atoms with Crippen LogP contribution in [0.5, 0.6) is 5.75 Å². The maximum atomic E-state index is 5.40. The van der Waals surface area contributed by atoms with Gasteiger partial charge in [0.05, 0.1) is 13.2 Å². The minimum Gasteiger partial charge on any atom is -0.490 e. The van der Waals surface area contributed by atoms with Gasteiger partial charge in [0.1, 0.15) is 0 Å². The van der Waals surface area contributed by atoms with Crippen LogP contribution in [0.2, 0.25) is 0 Å². The fourth-order valence-corrected chi connectivity index (χ4v) is 1.07. The van der Waals surface area contributed by atoms with Gasteiger partial charge < -0.3 is 14.8 Å². The lowest BCUT2D eigenvalue weighted by Crippen LogP contribution is -2.10. The summed E-state index contributed by atoms with van der Waals surface area (Å²) in [5.41, 5.74) is 0. The first-order valence-corrected chi connectivity index (χ1v) is 4.69. The van der Waals surface area contributed by atoms with Gasteiger partial charge in [0.25, 0.3) is 0 Å². The molecule has 1 aromatic rings. The van der Waals surface area contributed by atoms with Gasteiger partial charge in [-0.2, -0.15) is 0 Å². The Morgan fingerprint density at radius 1 is 1.50 bits per heavy atom. The molecule has 1 rings (SSSR count). The molecule has 0 aliphatic heterocycles. The molecular formula is C10H16N2O2. The Bertz CT molecular complexity index is 266. The molecule has 0 fully saturated rings. The third-order valence-electron chi connectivity index (χ3n) is 1.67. The van der Waals surface area contributed by atoms with E-state index in [1.165, 1.54) is 0 Å². The monoisotopic (exact) mass is 196 g/mol. The lowest BCUT2D eigenvalue weighted by Gasteiger charge is -2.10. The zero-order valence-corrected chi connectivity index (χ0v) is 8.62. The Morgan fingerprint density at radius 3 is 3.07 bits per heavy atom. The lowest BCUT2D eigenvalue weighted by molar-refractivity contribution is 0.210. The zero-order valence-electron chi connectivity index (χ0n) is 8.62. The standard InChI is InChI=1S/C10H16N2O2/c1-3-14-9-5-4-6-11-10(9)12-7-8-13-2/h4-6H,3,7-8H2,1-2H3,(H,11,12). The van der Waals surface area contributed by atoms with Crippen LogP contribution in [0.15, 0.2) is 18.3 Å². The van der Waals surface area contributed by atoms with Crippen molar-refractivity contribution in [2.24, 2.45) is 0 Å². The Balaban J connectivity index is 2.55. The van der Waals surface area contributed by atoms with Crippen molar-refractivity contribution in [3.8, 4) is 5.75 Å². The van der Waals surface area contributed by atoms with Gasteiger partial charge in [-0.1, -0.05) is 0 Å². The summed E-state index contributed by atoms with van der Waals surface area (Å²) in [5, 5.41) is 3.14. The molecule has 0 saturated heterocycles. The quantitative estimate of drug-likeness (QED) is 0.701. The summed E-state index contributed by atoms with van der Waals surface area (Å²) in [6.07, 6.45) is 1.73. The van der Waals surface area contributed by atoms with Crippen molar-refractivity contribution in [1.29, 1.82) is 0 Å². The van der Waals surface area contributed by atoms with Crippen LogP contribution in [-0.2, 0) is 4.74 Å². The SMILES string of the molecule is CCOc1cccnc1NCCOC. The Kier molecular flexibility index (Phi) is 4.78. The van der Waals surface area contributed by atoms with E-state index in [1.54, 1.807) is 13.3 Å². The number of pyridine rings is 1. The zero-order chi connectivity index (χ0) is 10.2. The molecule has 1 aromatic heterocycles. The number of aromatic nitrogens is 1. The molecule has 0 aliphatic carbocycles. The number of rotatable bonds is 6. The Morgan fingerprint density at radius 2 is 2.36 bits per heavy atom. The van der Waals surface area contributed by atoms with E-state index in [4.69, 9.17) is 9.47 Å². The number of nitrogens with zero attached hydrogens (tertiary/aromatic N) is 1. The Labute approximate surface area is 84.3 Å². The number of hydrogen-bond donors (Lipinski definition) is 1. The second kappa shape index (κ2) is 6.21. The topological polar surface area (TPSA) is 43.4 Å². The van der Waals surface area contributed by atoms with E-state index in [0.717, 1.165) is 18.1 Å². The molecule has 0 bridgehead atoms. The minimum absolute atomic E-state index is 0.644. The maximum Gasteiger partial charge on any atom is 0.168 e. The average Bonchev–Trinajstić information content (AvgIpc) is 2.21. The molecule has 78 valence electrons. The van der Waals surface area contributed by atoms with E-state index in [-0.39, 0.29) is 0 Å². The normalized spacial score (nSPS) is 9.86. The van der Waals surface area contributed by atoms with Crippen LogP contribution in [0.4, 0.5) is 5.82 Å². The van der Waals surface area contributed by atoms with Crippen molar-refractivity contribution >= 4 is 5.82 Å². The van der Waals surface area contributed by atoms with Crippen molar-refractivity contribution in [3.05, 3.63) is 18.3 Å². The average molecular weight is 196 g/mol. The predicted octanol–water partition coefficient (Wildman–Crippen LogP) is 1.54. The molecule has 0 amide bonds. The number of methoxy groups -OCH3 is 1. The van der Waals surface area contributed by atoms with Crippen LogP contribution < -0.4 is 10.1 Å². The van der Waals surface area contributed by atoms with Gasteiger partial charge in [-0.25, -0.2) is 4.98 Å². The van der Waals surface area contributed by atoms with Gasteiger partial charge in [-0.3, -0.25) is 0 Å². The Hall–Kier alpha value is -1.29. The van der Waals surface area contributed by atoms with Crippen molar-refractivity contribution < 1.29 is 9.47 Å². The third kappa shape index (κ3) is 3.22. The summed E-state index contributed by atoms with van der Waals surface area (Å²) in [6, 6.07) is 3.75. The highest BCUT2D eigenvalue weighted by atomic mass is 16.5. The highest BCUT2D eigenvalue weighted by Gasteiger charge is 2.01. The molecule has 0 aliphatic rings. The third-order valence-corrected chi connectivity index (χ3v) is 1.67. The summed E-state index contributed by atoms with van der Waals surface area (Å²) >= 11 is 0. The summed E-state index contributed by atoms with van der Waals surface area (Å²) in [6.45, 7) is 3.98. The molecule has 0 unspecified atom stereocenters. The maximum absolute atomic E-state index is 5.40. The molecule has 0 spiro atoms. The van der Waals surface area contributed by atoms with E-state index >= 15 is 0 Å². The molecule has 4 nitrogen and oxygen atoms in total. The van der Waals surface area contributed by atoms with Crippen LogP contribution in [0.25, 0.3) is 0 Å². The number of nitrogens with one attached hydrogen (secondary N) is 1. The fourth-order valence-electron chi connectivity index (χ4n) is 1.07. The number of hydrogen-bond acceptors (Lipinski definition) is 4. The first-order valence-electron chi connectivity index (χ1n) is 4.69. The van der Waals surface area contributed by atoms with Gasteiger partial charge in [-0.05, 0) is 19.1 Å². The van der Waals surface area contributed by atoms with E-state index in [0.29, 0.717) is 13.2 Å². The second-order valence-corrected chi connectivity index (χ2v) is 2.70. The van der Waals surface area contributed by atoms with Crippen molar-refractivity contribution in [3.63, 3.8) is 0 Å². The summed E-state index contributed by atoms with van der Waals surface area (Å²) in [4.78, 5) is 4.18. The lowest BCUT2D eigenvalue weighted by atomic mass is 10.4. The molecule has 14 heavy (non-hydrogen) atoms. The highest BCUT2D eigenvalue weighted by Crippen LogP contribution is 2.19. The first-order chi connectivity index (χ1) is 6.88. The molecule has 1 heterocycles. The summed E-state index contributed by atoms with van der Waals surface area (Å²) < 4.78 is 10.3. The molecular weight excluding hydrogens is 180 g/mol. The fraction of sp³-hybridized carbons (Fsp3) is 0.500. The number of ether oxygens (including phenoxy) is 2. The van der Waals surface area contributed by atoms with Crippen molar-refractivity contribution in [2.45, 2.75) is 6.92 Å². The smallest absolute Gasteiger partial charge is 0.168 e. The molecule has 0 radical (unpaired) electrons. The van der Waals surface area contributed by atoms with Gasteiger partial charge in [0.2, 0.25) is 0 Å². The van der Waals surface area contributed by atoms with E-state index in [9.17, 15) is 0 Å². The van der Waals surface area contributed by atoms with Crippen LogP contribution in [0, 0.1) is 0 Å². The molecule has 0 atom stereocenters.